The Kier molecular flexibility index (Phi) is 9.13. The molecule has 1 fully saturated rings. The Morgan fingerprint density at radius 2 is 2.12 bits per heavy atom. The van der Waals surface area contributed by atoms with Crippen LogP contribution < -0.4 is 5.32 Å². The Labute approximate surface area is 205 Å². The van der Waals surface area contributed by atoms with Crippen molar-refractivity contribution in [2.24, 2.45) is 11.0 Å². The van der Waals surface area contributed by atoms with Crippen LogP contribution in [0.1, 0.15) is 61.1 Å². The van der Waals surface area contributed by atoms with Crippen molar-refractivity contribution < 1.29 is 8.78 Å². The molecule has 4 rings (SSSR count). The first-order chi connectivity index (χ1) is 16.0. The van der Waals surface area contributed by atoms with Crippen LogP contribution in [0, 0.1) is 24.5 Å². The molecule has 1 aliphatic carbocycles. The second-order valence-electron chi connectivity index (χ2n) is 8.37. The number of halogens is 2. The highest BCUT2D eigenvalue weighted by Gasteiger charge is 2.45. The minimum atomic E-state index is -0.517. The molecule has 1 saturated heterocycles. The molecule has 180 valence electrons. The van der Waals surface area contributed by atoms with Crippen LogP contribution in [-0.4, -0.2) is 24.8 Å². The molecule has 0 saturated carbocycles. The Hall–Kier alpha value is -1.70. The van der Waals surface area contributed by atoms with Gasteiger partial charge >= 0.3 is 0 Å². The van der Waals surface area contributed by atoms with Gasteiger partial charge in [0, 0.05) is 46.6 Å². The Morgan fingerprint density at radius 3 is 2.82 bits per heavy atom. The minimum Gasteiger partial charge on any atom is -0.316 e. The number of thiophene rings is 1. The maximum absolute atomic E-state index is 14.8. The summed E-state index contributed by atoms with van der Waals surface area (Å²) in [6.07, 6.45) is 5.06. The van der Waals surface area contributed by atoms with Gasteiger partial charge in [-0.3, -0.25) is 0 Å². The minimum absolute atomic E-state index is 0.286. The van der Waals surface area contributed by atoms with Gasteiger partial charge in [-0.25, -0.2) is 13.8 Å². The van der Waals surface area contributed by atoms with E-state index in [9.17, 15) is 8.78 Å². The number of benzene rings is 1. The van der Waals surface area contributed by atoms with Gasteiger partial charge in [0.1, 0.15) is 16.5 Å². The molecule has 1 aromatic carbocycles. The van der Waals surface area contributed by atoms with E-state index in [1.54, 1.807) is 30.0 Å². The van der Waals surface area contributed by atoms with Gasteiger partial charge in [0.25, 0.3) is 0 Å². The zero-order valence-corrected chi connectivity index (χ0v) is 21.6. The maximum atomic E-state index is 14.8. The lowest BCUT2D eigenvalue weighted by molar-refractivity contribution is 0.177. The fourth-order valence-electron chi connectivity index (χ4n) is 4.78. The number of hydrogen-bond donors (Lipinski definition) is 1. The van der Waals surface area contributed by atoms with Crippen LogP contribution >= 0.6 is 23.1 Å². The molecular weight excluding hydrogens is 456 g/mol. The Bertz CT molecular complexity index is 968. The molecule has 2 aliphatic rings. The average molecular weight is 492 g/mol. The summed E-state index contributed by atoms with van der Waals surface area (Å²) < 4.78 is 28.8. The van der Waals surface area contributed by atoms with Crippen molar-refractivity contribution in [2.45, 2.75) is 63.5 Å². The summed E-state index contributed by atoms with van der Waals surface area (Å²) in [4.78, 5) is 0.814. The molecule has 2 heterocycles. The first kappa shape index (κ1) is 25.9. The number of fused-ring (bicyclic) bond motifs is 1. The summed E-state index contributed by atoms with van der Waals surface area (Å²) in [6, 6.07) is 4.71. The van der Waals surface area contributed by atoms with Gasteiger partial charge in [-0.05, 0) is 74.7 Å². The van der Waals surface area contributed by atoms with E-state index < -0.39 is 10.7 Å². The van der Waals surface area contributed by atoms with Gasteiger partial charge in [-0.1, -0.05) is 20.4 Å². The maximum Gasteiger partial charge on any atom is 0.134 e. The molecule has 0 radical (unpaired) electrons. The highest BCUT2D eigenvalue weighted by Crippen LogP contribution is 2.53. The van der Waals surface area contributed by atoms with Gasteiger partial charge in [0.2, 0.25) is 0 Å². The lowest BCUT2D eigenvalue weighted by Crippen LogP contribution is -2.45. The predicted octanol–water partition coefficient (Wildman–Crippen LogP) is 7.21. The molecule has 0 spiro atoms. The largest absolute Gasteiger partial charge is 0.316 e. The lowest BCUT2D eigenvalue weighted by Gasteiger charge is -2.46. The van der Waals surface area contributed by atoms with Gasteiger partial charge in [-0.2, -0.15) is 5.10 Å². The van der Waals surface area contributed by atoms with Gasteiger partial charge in [-0.15, -0.1) is 23.1 Å². The van der Waals surface area contributed by atoms with E-state index in [-0.39, 0.29) is 11.7 Å². The van der Waals surface area contributed by atoms with Crippen LogP contribution in [0.15, 0.2) is 41.0 Å². The topological polar surface area (TPSA) is 27.6 Å². The van der Waals surface area contributed by atoms with Gasteiger partial charge < -0.3 is 5.32 Å². The molecule has 0 bridgehead atoms. The fraction of sp³-hybridized carbons (Fsp3) is 0.500. The smallest absolute Gasteiger partial charge is 0.134 e. The number of hydrogen-bond acceptors (Lipinski definition) is 5. The van der Waals surface area contributed by atoms with Crippen molar-refractivity contribution in [1.82, 2.24) is 10.3 Å². The normalized spacial score (nSPS) is 22.0. The quantitative estimate of drug-likeness (QED) is 0.252. The number of aryl methyl sites for hydroxylation is 2. The summed E-state index contributed by atoms with van der Waals surface area (Å²) in [5.74, 6) is -0.102. The average Bonchev–Trinajstić information content (AvgIpc) is 3.33. The monoisotopic (exact) mass is 491 g/mol. The summed E-state index contributed by atoms with van der Waals surface area (Å²) in [5, 5.41) is 12.0. The number of thioether (sulfide) groups is 1. The van der Waals surface area contributed by atoms with E-state index in [4.69, 9.17) is 0 Å². The number of piperidine rings is 1. The molecule has 2 unspecified atom stereocenters. The third kappa shape index (κ3) is 5.36. The molecule has 7 heteroatoms. The number of hydrazone groups is 1. The Balaban J connectivity index is 0.00000149. The van der Waals surface area contributed by atoms with Crippen LogP contribution in [-0.2, 0) is 17.0 Å². The summed E-state index contributed by atoms with van der Waals surface area (Å²) in [5.41, 5.74) is 2.88. The van der Waals surface area contributed by atoms with Crippen molar-refractivity contribution in [3.8, 4) is 0 Å². The lowest BCUT2D eigenvalue weighted by atomic mass is 9.90. The second-order valence-corrected chi connectivity index (χ2v) is 10.6. The number of rotatable bonds is 7. The molecule has 2 aromatic rings. The number of nitrogens with one attached hydrogen (secondary N) is 1. The molecule has 0 amide bonds. The van der Waals surface area contributed by atoms with Crippen molar-refractivity contribution in [1.29, 1.82) is 0 Å². The molecule has 1 N–H and O–H groups in total. The summed E-state index contributed by atoms with van der Waals surface area (Å²) in [7, 11) is 0. The molecule has 33 heavy (non-hydrogen) atoms. The van der Waals surface area contributed by atoms with E-state index >= 15 is 0 Å². The van der Waals surface area contributed by atoms with Crippen molar-refractivity contribution in [2.75, 3.05) is 13.1 Å². The van der Waals surface area contributed by atoms with Gasteiger partial charge in [0.15, 0.2) is 0 Å². The van der Waals surface area contributed by atoms with E-state index in [0.29, 0.717) is 16.9 Å². The zero-order valence-electron chi connectivity index (χ0n) is 19.9. The molecule has 2 atom stereocenters. The van der Waals surface area contributed by atoms with Crippen LogP contribution in [0.25, 0.3) is 0 Å². The Morgan fingerprint density at radius 1 is 1.33 bits per heavy atom. The summed E-state index contributed by atoms with van der Waals surface area (Å²) >= 11 is 3.37. The molecular formula is C26H35F2N3S2. The SMILES string of the molecule is C=NN(C(=C)C1CCCNC1)C1(SCc2cc(F)cc(C)c2F)CCCc2sccc21.CC. The van der Waals surface area contributed by atoms with Crippen molar-refractivity contribution >= 4 is 29.8 Å². The van der Waals surface area contributed by atoms with Crippen molar-refractivity contribution in [3.63, 3.8) is 0 Å². The standard InChI is InChI=1S/C24H29F2N3S2.C2H6/c1-16-12-20(25)13-19(23(16)26)15-31-24(9-4-7-22-21(24)8-11-30-22)29(27-3)17(2)18-6-5-10-28-14-18;1-2/h8,11-13,18,28H,2-7,9-10,14-15H2,1H3;1-2H3. The fourth-order valence-corrected chi connectivity index (χ4v) is 7.38. The molecule has 3 nitrogen and oxygen atoms in total. The van der Waals surface area contributed by atoms with Gasteiger partial charge in [0.05, 0.1) is 0 Å². The van der Waals surface area contributed by atoms with Crippen LogP contribution in [0.4, 0.5) is 8.78 Å². The van der Waals surface area contributed by atoms with Crippen molar-refractivity contribution in [3.05, 3.63) is 69.1 Å². The van der Waals surface area contributed by atoms with E-state index in [0.717, 1.165) is 50.9 Å². The first-order valence-electron chi connectivity index (χ1n) is 11.8. The highest BCUT2D eigenvalue weighted by molar-refractivity contribution is 7.99. The van der Waals surface area contributed by atoms with Crippen LogP contribution in [0.5, 0.6) is 0 Å². The molecule has 1 aromatic heterocycles. The first-order valence-corrected chi connectivity index (χ1v) is 13.6. The number of nitrogens with zero attached hydrogens (tertiary/aromatic N) is 2. The van der Waals surface area contributed by atoms with E-state index in [2.05, 4.69) is 35.2 Å². The van der Waals surface area contributed by atoms with E-state index in [1.165, 1.54) is 22.6 Å². The second kappa shape index (κ2) is 11.6. The zero-order chi connectivity index (χ0) is 24.0. The summed E-state index contributed by atoms with van der Waals surface area (Å²) in [6.45, 7) is 15.8. The third-order valence-electron chi connectivity index (χ3n) is 6.37. The van der Waals surface area contributed by atoms with Crippen LogP contribution in [0.2, 0.25) is 0 Å². The molecule has 1 aliphatic heterocycles. The van der Waals surface area contributed by atoms with Crippen LogP contribution in [0.3, 0.4) is 0 Å². The predicted molar refractivity (Wildman–Crippen MR) is 139 cm³/mol. The highest BCUT2D eigenvalue weighted by atomic mass is 32.2. The van der Waals surface area contributed by atoms with E-state index in [1.807, 2.05) is 18.9 Å². The third-order valence-corrected chi connectivity index (χ3v) is 8.88.